The summed E-state index contributed by atoms with van der Waals surface area (Å²) >= 11 is 0. The van der Waals surface area contributed by atoms with Crippen LogP contribution in [0.25, 0.3) is 6.08 Å². The van der Waals surface area contributed by atoms with Gasteiger partial charge in [0.25, 0.3) is 0 Å². The second-order valence-corrected chi connectivity index (χ2v) is 7.42. The van der Waals surface area contributed by atoms with Gasteiger partial charge in [-0.15, -0.1) is 12.4 Å². The fourth-order valence-corrected chi connectivity index (χ4v) is 3.80. The van der Waals surface area contributed by atoms with Crippen LogP contribution in [-0.4, -0.2) is 43.9 Å². The molecule has 4 rings (SSSR count). The number of rotatable bonds is 2. The number of Topliss-reactive ketones (excluding diaryl/α,β-unsaturated/α-hetero) is 1. The number of benzene rings is 2. The zero-order chi connectivity index (χ0) is 19.8. The van der Waals surface area contributed by atoms with Gasteiger partial charge < -0.3 is 9.80 Å². The predicted octanol–water partition coefficient (Wildman–Crippen LogP) is 4.49. The van der Waals surface area contributed by atoms with Crippen LogP contribution >= 0.6 is 12.4 Å². The monoisotopic (exact) mass is 422 g/mol. The van der Waals surface area contributed by atoms with Gasteiger partial charge in [0.2, 0.25) is 0 Å². The number of piperazine rings is 1. The normalized spacial score (nSPS) is 18.6. The fraction of sp³-hybridized carbons (Fsp3) is 0.318. The van der Waals surface area contributed by atoms with E-state index in [4.69, 9.17) is 0 Å². The number of anilines is 1. The van der Waals surface area contributed by atoms with Gasteiger partial charge in [0.15, 0.2) is 17.4 Å². The minimum absolute atomic E-state index is 0. The molecule has 2 aliphatic rings. The van der Waals surface area contributed by atoms with E-state index in [9.17, 15) is 18.0 Å². The molecule has 0 aromatic heterocycles. The second-order valence-electron chi connectivity index (χ2n) is 7.42. The highest BCUT2D eigenvalue weighted by molar-refractivity contribution is 6.13. The van der Waals surface area contributed by atoms with E-state index in [1.807, 2.05) is 12.1 Å². The Morgan fingerprint density at radius 2 is 1.59 bits per heavy atom. The van der Waals surface area contributed by atoms with Crippen LogP contribution in [0, 0.1) is 17.5 Å². The zero-order valence-corrected chi connectivity index (χ0v) is 16.9. The Labute approximate surface area is 174 Å². The number of halogens is 4. The van der Waals surface area contributed by atoms with Gasteiger partial charge in [0.1, 0.15) is 5.82 Å². The predicted molar refractivity (Wildman–Crippen MR) is 110 cm³/mol. The first-order valence-electron chi connectivity index (χ1n) is 9.38. The molecule has 1 heterocycles. The van der Waals surface area contributed by atoms with E-state index in [0.717, 1.165) is 43.5 Å². The first-order chi connectivity index (χ1) is 13.4. The van der Waals surface area contributed by atoms with E-state index in [1.165, 1.54) is 6.08 Å². The van der Waals surface area contributed by atoms with Crippen molar-refractivity contribution >= 4 is 30.0 Å². The second kappa shape index (κ2) is 8.59. The van der Waals surface area contributed by atoms with Crippen molar-refractivity contribution in [1.29, 1.82) is 0 Å². The Kier molecular flexibility index (Phi) is 6.34. The molecule has 0 bridgehead atoms. The first kappa shape index (κ1) is 21.4. The van der Waals surface area contributed by atoms with Gasteiger partial charge in [-0.1, -0.05) is 0 Å². The molecule has 7 heteroatoms. The number of fused-ring (bicyclic) bond motifs is 1. The largest absolute Gasteiger partial charge is 0.369 e. The molecule has 1 aliphatic heterocycles. The third kappa shape index (κ3) is 4.33. The maximum absolute atomic E-state index is 13.9. The Morgan fingerprint density at radius 1 is 0.897 bits per heavy atom. The molecule has 29 heavy (non-hydrogen) atoms. The van der Waals surface area contributed by atoms with Gasteiger partial charge in [-0.3, -0.25) is 4.79 Å². The van der Waals surface area contributed by atoms with Crippen LogP contribution in [0.3, 0.4) is 0 Å². The fourth-order valence-electron chi connectivity index (χ4n) is 3.80. The van der Waals surface area contributed by atoms with Crippen LogP contribution in [0.1, 0.15) is 27.9 Å². The number of likely N-dealkylation sites (N-methyl/N-ethyl adjacent to an activating group) is 1. The number of carbonyl (C=O) groups is 1. The van der Waals surface area contributed by atoms with E-state index in [-0.39, 0.29) is 23.8 Å². The average molecular weight is 423 g/mol. The van der Waals surface area contributed by atoms with Crippen LogP contribution in [0.15, 0.2) is 35.9 Å². The van der Waals surface area contributed by atoms with Gasteiger partial charge in [0.05, 0.1) is 0 Å². The number of ketones is 1. The SMILES string of the molecule is CN1CCN(c2ccc3c(c2)CC/C(=C\c2cc(F)c(F)cc2F)C3=O)CC1.Cl. The first-order valence-corrected chi connectivity index (χ1v) is 9.38. The molecule has 154 valence electrons. The van der Waals surface area contributed by atoms with E-state index >= 15 is 0 Å². The van der Waals surface area contributed by atoms with Crippen LogP contribution in [0.4, 0.5) is 18.9 Å². The number of allylic oxidation sites excluding steroid dienone is 1. The third-order valence-electron chi connectivity index (χ3n) is 5.53. The summed E-state index contributed by atoms with van der Waals surface area (Å²) in [6.45, 7) is 3.90. The number of hydrogen-bond donors (Lipinski definition) is 0. The highest BCUT2D eigenvalue weighted by Crippen LogP contribution is 2.31. The molecular weight excluding hydrogens is 401 g/mol. The highest BCUT2D eigenvalue weighted by Gasteiger charge is 2.24. The Balaban J connectivity index is 0.00000240. The molecule has 0 amide bonds. The Morgan fingerprint density at radius 3 is 2.31 bits per heavy atom. The van der Waals surface area contributed by atoms with Crippen molar-refractivity contribution in [1.82, 2.24) is 4.90 Å². The summed E-state index contributed by atoms with van der Waals surface area (Å²) in [7, 11) is 2.10. The summed E-state index contributed by atoms with van der Waals surface area (Å²) in [5.41, 5.74) is 2.98. The molecule has 0 radical (unpaired) electrons. The van der Waals surface area contributed by atoms with E-state index < -0.39 is 17.5 Å². The summed E-state index contributed by atoms with van der Waals surface area (Å²) in [6, 6.07) is 7.12. The van der Waals surface area contributed by atoms with E-state index in [0.29, 0.717) is 30.0 Å². The summed E-state index contributed by atoms with van der Waals surface area (Å²) in [5, 5.41) is 0. The lowest BCUT2D eigenvalue weighted by Gasteiger charge is -2.34. The van der Waals surface area contributed by atoms with E-state index in [2.05, 4.69) is 22.9 Å². The van der Waals surface area contributed by atoms with Crippen LogP contribution in [0.2, 0.25) is 0 Å². The molecule has 0 saturated carbocycles. The minimum Gasteiger partial charge on any atom is -0.369 e. The van der Waals surface area contributed by atoms with Crippen molar-refractivity contribution in [2.45, 2.75) is 12.8 Å². The molecule has 0 spiro atoms. The Hall–Kier alpha value is -2.31. The summed E-state index contributed by atoms with van der Waals surface area (Å²) < 4.78 is 40.5. The van der Waals surface area contributed by atoms with Gasteiger partial charge in [0, 0.05) is 54.6 Å². The number of hydrogen-bond acceptors (Lipinski definition) is 3. The molecule has 0 N–H and O–H groups in total. The Bertz CT molecular complexity index is 969. The molecule has 0 unspecified atom stereocenters. The molecule has 3 nitrogen and oxygen atoms in total. The number of aryl methyl sites for hydroxylation is 1. The van der Waals surface area contributed by atoms with Gasteiger partial charge in [-0.25, -0.2) is 13.2 Å². The molecule has 1 aliphatic carbocycles. The molecular formula is C22H22ClF3N2O. The lowest BCUT2D eigenvalue weighted by Crippen LogP contribution is -2.44. The van der Waals surface area contributed by atoms with Crippen molar-refractivity contribution in [3.63, 3.8) is 0 Å². The van der Waals surface area contributed by atoms with Crippen molar-refractivity contribution in [3.8, 4) is 0 Å². The molecule has 1 fully saturated rings. The van der Waals surface area contributed by atoms with Crippen LogP contribution in [0.5, 0.6) is 0 Å². The van der Waals surface area contributed by atoms with Crippen molar-refractivity contribution in [2.75, 3.05) is 38.1 Å². The zero-order valence-electron chi connectivity index (χ0n) is 16.1. The van der Waals surface area contributed by atoms with Crippen molar-refractivity contribution < 1.29 is 18.0 Å². The maximum Gasteiger partial charge on any atom is 0.189 e. The summed E-state index contributed by atoms with van der Waals surface area (Å²) in [5.74, 6) is -3.43. The quantitative estimate of drug-likeness (QED) is 0.526. The number of carbonyl (C=O) groups excluding carboxylic acids is 1. The van der Waals surface area contributed by atoms with Crippen LogP contribution < -0.4 is 4.90 Å². The average Bonchev–Trinajstić information content (AvgIpc) is 2.68. The minimum atomic E-state index is -1.24. The summed E-state index contributed by atoms with van der Waals surface area (Å²) in [6.07, 6.45) is 2.42. The smallest absolute Gasteiger partial charge is 0.189 e. The van der Waals surface area contributed by atoms with E-state index in [1.54, 1.807) is 0 Å². The topological polar surface area (TPSA) is 23.6 Å². The lowest BCUT2D eigenvalue weighted by atomic mass is 9.85. The van der Waals surface area contributed by atoms with Gasteiger partial charge in [-0.2, -0.15) is 0 Å². The van der Waals surface area contributed by atoms with Gasteiger partial charge in [-0.05, 0) is 55.8 Å². The molecule has 2 aromatic carbocycles. The van der Waals surface area contributed by atoms with Crippen molar-refractivity contribution in [2.24, 2.45) is 0 Å². The standard InChI is InChI=1S/C22H21F3N2O.ClH/c1-26-6-8-27(9-7-26)17-4-5-18-14(11-17)2-3-15(22(18)28)10-16-12-20(24)21(25)13-19(16)23;/h4-5,10-13H,2-3,6-9H2,1H3;1H/b15-10+;. The van der Waals surface area contributed by atoms with Crippen LogP contribution in [-0.2, 0) is 6.42 Å². The summed E-state index contributed by atoms with van der Waals surface area (Å²) in [4.78, 5) is 17.4. The molecule has 2 aromatic rings. The van der Waals surface area contributed by atoms with Gasteiger partial charge >= 0.3 is 0 Å². The molecule has 1 saturated heterocycles. The lowest BCUT2D eigenvalue weighted by molar-refractivity contribution is 0.102. The van der Waals surface area contributed by atoms with Crippen molar-refractivity contribution in [3.05, 3.63) is 70.0 Å². The number of nitrogens with zero attached hydrogens (tertiary/aromatic N) is 2. The molecule has 0 atom stereocenters. The highest BCUT2D eigenvalue weighted by atomic mass is 35.5. The maximum atomic E-state index is 13.9. The third-order valence-corrected chi connectivity index (χ3v) is 5.53.